The number of aliphatic hydroxyl groups is 1. The van der Waals surface area contributed by atoms with E-state index in [0.717, 1.165) is 20.9 Å². The number of halogens is 1. The van der Waals surface area contributed by atoms with Crippen LogP contribution in [-0.4, -0.2) is 23.8 Å². The SMILES string of the molecule is COCC(C)(O)c1ccnc2ccc(Br)cc12. The first-order chi connectivity index (χ1) is 8.04. The second-order valence-corrected chi connectivity index (χ2v) is 5.14. The highest BCUT2D eigenvalue weighted by molar-refractivity contribution is 9.10. The molecule has 1 aromatic heterocycles. The minimum atomic E-state index is -1.02. The van der Waals surface area contributed by atoms with E-state index in [0.29, 0.717) is 0 Å². The number of hydrogen-bond donors (Lipinski definition) is 1. The number of methoxy groups -OCH3 is 1. The van der Waals surface area contributed by atoms with Gasteiger partial charge in [0.15, 0.2) is 0 Å². The van der Waals surface area contributed by atoms with Gasteiger partial charge in [0, 0.05) is 23.2 Å². The average molecular weight is 296 g/mol. The van der Waals surface area contributed by atoms with E-state index in [9.17, 15) is 5.11 Å². The van der Waals surface area contributed by atoms with E-state index in [1.165, 1.54) is 0 Å². The summed E-state index contributed by atoms with van der Waals surface area (Å²) in [5.74, 6) is 0. The van der Waals surface area contributed by atoms with Crippen LogP contribution in [0.3, 0.4) is 0 Å². The van der Waals surface area contributed by atoms with Gasteiger partial charge in [0.1, 0.15) is 5.60 Å². The maximum Gasteiger partial charge on any atom is 0.111 e. The van der Waals surface area contributed by atoms with Crippen LogP contribution in [0.1, 0.15) is 12.5 Å². The van der Waals surface area contributed by atoms with Gasteiger partial charge in [0.05, 0.1) is 12.1 Å². The molecule has 3 nitrogen and oxygen atoms in total. The highest BCUT2D eigenvalue weighted by Crippen LogP contribution is 2.29. The summed E-state index contributed by atoms with van der Waals surface area (Å²) >= 11 is 3.43. The Kier molecular flexibility index (Phi) is 3.47. The molecule has 4 heteroatoms. The van der Waals surface area contributed by atoms with E-state index in [4.69, 9.17) is 4.74 Å². The molecular weight excluding hydrogens is 282 g/mol. The van der Waals surface area contributed by atoms with E-state index >= 15 is 0 Å². The molecule has 2 rings (SSSR count). The highest BCUT2D eigenvalue weighted by atomic mass is 79.9. The molecule has 2 aromatic rings. The van der Waals surface area contributed by atoms with E-state index in [1.807, 2.05) is 24.3 Å². The van der Waals surface area contributed by atoms with Crippen LogP contribution in [0.25, 0.3) is 10.9 Å². The third-order valence-electron chi connectivity index (χ3n) is 2.71. The molecule has 90 valence electrons. The molecule has 0 aliphatic carbocycles. The van der Waals surface area contributed by atoms with Crippen LogP contribution in [0.4, 0.5) is 0 Å². The lowest BCUT2D eigenvalue weighted by atomic mass is 9.94. The molecule has 0 amide bonds. The van der Waals surface area contributed by atoms with Crippen molar-refractivity contribution in [1.82, 2.24) is 4.98 Å². The number of fused-ring (bicyclic) bond motifs is 1. The van der Waals surface area contributed by atoms with Crippen LogP contribution in [-0.2, 0) is 10.3 Å². The molecule has 0 bridgehead atoms. The summed E-state index contributed by atoms with van der Waals surface area (Å²) in [7, 11) is 1.58. The summed E-state index contributed by atoms with van der Waals surface area (Å²) < 4.78 is 6.02. The smallest absolute Gasteiger partial charge is 0.111 e. The summed E-state index contributed by atoms with van der Waals surface area (Å²) in [6.07, 6.45) is 1.70. The first-order valence-electron chi connectivity index (χ1n) is 5.30. The molecule has 0 saturated heterocycles. The van der Waals surface area contributed by atoms with Crippen molar-refractivity contribution in [1.29, 1.82) is 0 Å². The lowest BCUT2D eigenvalue weighted by Gasteiger charge is -2.24. The molecule has 0 saturated carbocycles. The monoisotopic (exact) mass is 295 g/mol. The molecule has 0 fully saturated rings. The number of nitrogens with zero attached hydrogens (tertiary/aromatic N) is 1. The molecule has 0 radical (unpaired) electrons. The Morgan fingerprint density at radius 1 is 1.41 bits per heavy atom. The summed E-state index contributed by atoms with van der Waals surface area (Å²) in [6, 6.07) is 7.64. The van der Waals surface area contributed by atoms with Crippen LogP contribution in [0.5, 0.6) is 0 Å². The molecule has 0 aliphatic heterocycles. The van der Waals surface area contributed by atoms with E-state index in [1.54, 1.807) is 20.2 Å². The molecule has 1 unspecified atom stereocenters. The lowest BCUT2D eigenvalue weighted by molar-refractivity contribution is -0.0197. The van der Waals surface area contributed by atoms with Crippen LogP contribution >= 0.6 is 15.9 Å². The standard InChI is InChI=1S/C13H14BrNO2/c1-13(16,8-17-2)11-5-6-15-12-4-3-9(14)7-10(11)12/h3-7,16H,8H2,1-2H3. The van der Waals surface area contributed by atoms with Crippen molar-refractivity contribution < 1.29 is 9.84 Å². The Bertz CT molecular complexity index is 540. The van der Waals surface area contributed by atoms with Crippen LogP contribution in [0.2, 0.25) is 0 Å². The number of aromatic nitrogens is 1. The maximum absolute atomic E-state index is 10.4. The van der Waals surface area contributed by atoms with E-state index < -0.39 is 5.60 Å². The Balaban J connectivity index is 2.64. The molecular formula is C13H14BrNO2. The van der Waals surface area contributed by atoms with Gasteiger partial charge in [-0.1, -0.05) is 15.9 Å². The van der Waals surface area contributed by atoms with Gasteiger partial charge in [0.25, 0.3) is 0 Å². The number of ether oxygens (including phenoxy) is 1. The molecule has 0 aliphatic rings. The van der Waals surface area contributed by atoms with Crippen molar-refractivity contribution >= 4 is 26.8 Å². The summed E-state index contributed by atoms with van der Waals surface area (Å²) in [5, 5.41) is 11.3. The average Bonchev–Trinajstić information content (AvgIpc) is 2.28. The van der Waals surface area contributed by atoms with Crippen LogP contribution < -0.4 is 0 Å². The highest BCUT2D eigenvalue weighted by Gasteiger charge is 2.25. The number of benzene rings is 1. The van der Waals surface area contributed by atoms with E-state index in [-0.39, 0.29) is 6.61 Å². The molecule has 1 heterocycles. The van der Waals surface area contributed by atoms with Crippen molar-refractivity contribution in [3.8, 4) is 0 Å². The maximum atomic E-state index is 10.4. The third-order valence-corrected chi connectivity index (χ3v) is 3.20. The van der Waals surface area contributed by atoms with Gasteiger partial charge in [-0.25, -0.2) is 0 Å². The van der Waals surface area contributed by atoms with Gasteiger partial charge < -0.3 is 9.84 Å². The minimum Gasteiger partial charge on any atom is -0.383 e. The zero-order chi connectivity index (χ0) is 12.5. The fourth-order valence-corrected chi connectivity index (χ4v) is 2.31. The van der Waals surface area contributed by atoms with Gasteiger partial charge in [0.2, 0.25) is 0 Å². The van der Waals surface area contributed by atoms with Crippen LogP contribution in [0.15, 0.2) is 34.9 Å². The summed E-state index contributed by atoms with van der Waals surface area (Å²) in [6.45, 7) is 1.99. The fraction of sp³-hybridized carbons (Fsp3) is 0.308. The molecule has 1 N–H and O–H groups in total. The topological polar surface area (TPSA) is 42.4 Å². The van der Waals surface area contributed by atoms with Crippen molar-refractivity contribution in [3.05, 3.63) is 40.5 Å². The predicted molar refractivity (Wildman–Crippen MR) is 70.9 cm³/mol. The zero-order valence-electron chi connectivity index (χ0n) is 9.77. The van der Waals surface area contributed by atoms with Crippen molar-refractivity contribution in [3.63, 3.8) is 0 Å². The minimum absolute atomic E-state index is 0.249. The normalized spacial score (nSPS) is 14.8. The van der Waals surface area contributed by atoms with Gasteiger partial charge in [-0.15, -0.1) is 0 Å². The predicted octanol–water partition coefficient (Wildman–Crippen LogP) is 2.85. The third kappa shape index (κ3) is 2.49. The van der Waals surface area contributed by atoms with Crippen LogP contribution in [0, 0.1) is 0 Å². The second kappa shape index (κ2) is 4.72. The molecule has 1 aromatic carbocycles. The fourth-order valence-electron chi connectivity index (χ4n) is 1.95. The first kappa shape index (κ1) is 12.5. The van der Waals surface area contributed by atoms with Crippen molar-refractivity contribution in [2.45, 2.75) is 12.5 Å². The Morgan fingerprint density at radius 3 is 2.88 bits per heavy atom. The van der Waals surface area contributed by atoms with Crippen molar-refractivity contribution in [2.75, 3.05) is 13.7 Å². The molecule has 0 spiro atoms. The van der Waals surface area contributed by atoms with Gasteiger partial charge in [-0.05, 0) is 36.8 Å². The number of hydrogen-bond acceptors (Lipinski definition) is 3. The lowest BCUT2D eigenvalue weighted by Crippen LogP contribution is -2.27. The van der Waals surface area contributed by atoms with Gasteiger partial charge in [-0.2, -0.15) is 0 Å². The van der Waals surface area contributed by atoms with E-state index in [2.05, 4.69) is 20.9 Å². The summed E-state index contributed by atoms with van der Waals surface area (Å²) in [5.41, 5.74) is 0.671. The molecule has 1 atom stereocenters. The van der Waals surface area contributed by atoms with Crippen molar-refractivity contribution in [2.24, 2.45) is 0 Å². The van der Waals surface area contributed by atoms with Gasteiger partial charge >= 0.3 is 0 Å². The first-order valence-corrected chi connectivity index (χ1v) is 6.10. The quantitative estimate of drug-likeness (QED) is 0.947. The Morgan fingerprint density at radius 2 is 2.18 bits per heavy atom. The molecule has 17 heavy (non-hydrogen) atoms. The Labute approximate surface area is 109 Å². The number of rotatable bonds is 3. The largest absolute Gasteiger partial charge is 0.383 e. The zero-order valence-corrected chi connectivity index (χ0v) is 11.4. The Hall–Kier alpha value is -0.970. The summed E-state index contributed by atoms with van der Waals surface area (Å²) in [4.78, 5) is 4.28. The van der Waals surface area contributed by atoms with Gasteiger partial charge in [-0.3, -0.25) is 4.98 Å². The second-order valence-electron chi connectivity index (χ2n) is 4.23. The number of pyridine rings is 1.